The molecule has 0 spiro atoms. The Kier molecular flexibility index (Phi) is 5.29. The number of H-pyrrole nitrogens is 1. The molecule has 1 amide bonds. The minimum absolute atomic E-state index is 0.0733. The molecule has 2 unspecified atom stereocenters. The fraction of sp³-hybridized carbons (Fsp3) is 0.333. The number of rotatable bonds is 6. The summed E-state index contributed by atoms with van der Waals surface area (Å²) >= 11 is 6.27. The lowest BCUT2D eigenvalue weighted by Crippen LogP contribution is -2.33. The number of likely N-dealkylation sites (tertiary alicyclic amines) is 1. The number of anilines is 3. The molecule has 0 aromatic carbocycles. The number of nitrogens with one attached hydrogen (secondary N) is 3. The topological polar surface area (TPSA) is 104 Å². The fourth-order valence-corrected chi connectivity index (χ4v) is 3.73. The monoisotopic (exact) mass is 436 g/mol. The van der Waals surface area contributed by atoms with E-state index in [1.54, 1.807) is 30.3 Å². The van der Waals surface area contributed by atoms with E-state index in [1.165, 1.54) is 4.90 Å². The molecule has 0 aliphatic carbocycles. The fourth-order valence-electron chi connectivity index (χ4n) is 3.49. The summed E-state index contributed by atoms with van der Waals surface area (Å²) in [5, 5.41) is 11.0. The normalized spacial score (nSPS) is 18.9. The highest BCUT2D eigenvalue weighted by Crippen LogP contribution is 2.33. The second-order valence-electron chi connectivity index (χ2n) is 6.98. The molecule has 3 aromatic rings. The van der Waals surface area contributed by atoms with Gasteiger partial charge in [-0.2, -0.15) is 15.1 Å². The number of amides is 1. The van der Waals surface area contributed by atoms with E-state index in [1.807, 2.05) is 0 Å². The molecule has 0 radical (unpaired) electrons. The summed E-state index contributed by atoms with van der Waals surface area (Å²) in [6.07, 6.45) is 3.40. The molecule has 2 atom stereocenters. The first-order valence-corrected chi connectivity index (χ1v) is 9.50. The van der Waals surface area contributed by atoms with Gasteiger partial charge in [0.15, 0.2) is 0 Å². The van der Waals surface area contributed by atoms with Crippen molar-refractivity contribution in [2.45, 2.75) is 12.5 Å². The second-order valence-corrected chi connectivity index (χ2v) is 7.39. The van der Waals surface area contributed by atoms with Gasteiger partial charge in [-0.15, -0.1) is 0 Å². The average Bonchev–Trinajstić information content (AvgIpc) is 3.40. The quantitative estimate of drug-likeness (QED) is 0.513. The van der Waals surface area contributed by atoms with Gasteiger partial charge in [0.2, 0.25) is 18.3 Å². The van der Waals surface area contributed by atoms with E-state index < -0.39 is 24.3 Å². The van der Waals surface area contributed by atoms with Crippen LogP contribution in [0.15, 0.2) is 31.2 Å². The molecule has 158 valence electrons. The number of carbonyl (C=O) groups is 1. The first-order chi connectivity index (χ1) is 14.4. The summed E-state index contributed by atoms with van der Waals surface area (Å²) in [6, 6.07) is -0.718. The maximum atomic E-state index is 13.6. The molecule has 3 N–H and O–H groups in total. The Morgan fingerprint density at radius 3 is 2.90 bits per heavy atom. The zero-order valence-electron chi connectivity index (χ0n) is 15.9. The third-order valence-electron chi connectivity index (χ3n) is 4.94. The Hall–Kier alpha value is -3.21. The van der Waals surface area contributed by atoms with Crippen molar-refractivity contribution < 1.29 is 13.6 Å². The molecule has 0 bridgehead atoms. The highest BCUT2D eigenvalue weighted by Gasteiger charge is 2.40. The standard InChI is InChI=1S/C18H19ClF2N8O/c1-3-13(30)29-7-10(15(20)21)12(8-29)25-17-14-11(19)5-22-16(14)26-18(27-17)24-9-4-23-28(2)6-9/h3-6,10,12,15H,1,7-8H2,2H3,(H3,22,24,25,26,27). The Bertz CT molecular complexity index is 1100. The molecule has 1 fully saturated rings. The number of alkyl halides is 2. The van der Waals surface area contributed by atoms with E-state index in [9.17, 15) is 13.6 Å². The van der Waals surface area contributed by atoms with Gasteiger partial charge in [-0.1, -0.05) is 18.2 Å². The molecule has 9 nitrogen and oxygen atoms in total. The van der Waals surface area contributed by atoms with Crippen LogP contribution in [-0.2, 0) is 11.8 Å². The number of aromatic nitrogens is 5. The predicted molar refractivity (Wildman–Crippen MR) is 109 cm³/mol. The minimum Gasteiger partial charge on any atom is -0.364 e. The molecule has 3 aromatic heterocycles. The third-order valence-corrected chi connectivity index (χ3v) is 5.24. The third kappa shape index (κ3) is 3.80. The van der Waals surface area contributed by atoms with Crippen molar-refractivity contribution in [3.8, 4) is 0 Å². The molecule has 4 heterocycles. The number of halogens is 3. The van der Waals surface area contributed by atoms with E-state index in [-0.39, 0.29) is 19.0 Å². The lowest BCUT2D eigenvalue weighted by Gasteiger charge is -2.20. The van der Waals surface area contributed by atoms with E-state index >= 15 is 0 Å². The van der Waals surface area contributed by atoms with Gasteiger partial charge < -0.3 is 20.5 Å². The van der Waals surface area contributed by atoms with Crippen molar-refractivity contribution in [3.63, 3.8) is 0 Å². The first-order valence-electron chi connectivity index (χ1n) is 9.12. The molecule has 1 aliphatic rings. The maximum Gasteiger partial charge on any atom is 0.246 e. The molecular formula is C18H19ClF2N8O. The van der Waals surface area contributed by atoms with Gasteiger partial charge in [0.25, 0.3) is 0 Å². The van der Waals surface area contributed by atoms with Crippen LogP contribution in [0.3, 0.4) is 0 Å². The van der Waals surface area contributed by atoms with Gasteiger partial charge in [-0.25, -0.2) is 8.78 Å². The summed E-state index contributed by atoms with van der Waals surface area (Å²) < 4.78 is 28.9. The Morgan fingerprint density at radius 1 is 1.43 bits per heavy atom. The number of hydrogen-bond donors (Lipinski definition) is 3. The van der Waals surface area contributed by atoms with Crippen LogP contribution in [-0.4, -0.2) is 61.1 Å². The largest absolute Gasteiger partial charge is 0.364 e. The van der Waals surface area contributed by atoms with Crippen molar-refractivity contribution >= 4 is 46.0 Å². The minimum atomic E-state index is -2.61. The van der Waals surface area contributed by atoms with Crippen LogP contribution in [0.2, 0.25) is 5.02 Å². The van der Waals surface area contributed by atoms with E-state index in [0.29, 0.717) is 27.6 Å². The number of carbonyl (C=O) groups excluding carboxylic acids is 1. The lowest BCUT2D eigenvalue weighted by molar-refractivity contribution is -0.125. The van der Waals surface area contributed by atoms with Gasteiger partial charge in [0, 0.05) is 32.5 Å². The Morgan fingerprint density at radius 2 is 2.23 bits per heavy atom. The molecule has 4 rings (SSSR count). The SMILES string of the molecule is C=CC(=O)N1CC(Nc2nc(Nc3cnn(C)c3)nc3[nH]cc(Cl)c23)C(C(F)F)C1. The summed E-state index contributed by atoms with van der Waals surface area (Å²) in [5.74, 6) is -0.925. The van der Waals surface area contributed by atoms with Crippen molar-refractivity contribution in [1.82, 2.24) is 29.6 Å². The van der Waals surface area contributed by atoms with Gasteiger partial charge in [0.1, 0.15) is 11.5 Å². The summed E-state index contributed by atoms with van der Waals surface area (Å²) in [4.78, 5) is 25.0. The van der Waals surface area contributed by atoms with E-state index in [0.717, 1.165) is 6.08 Å². The Balaban J connectivity index is 1.67. The zero-order chi connectivity index (χ0) is 21.4. The molecule has 0 saturated carbocycles. The van der Waals surface area contributed by atoms with Crippen LogP contribution in [0.1, 0.15) is 0 Å². The van der Waals surface area contributed by atoms with Crippen LogP contribution >= 0.6 is 11.6 Å². The number of nitrogens with zero attached hydrogens (tertiary/aromatic N) is 5. The number of hydrogen-bond acceptors (Lipinski definition) is 6. The molecule has 1 saturated heterocycles. The summed E-state index contributed by atoms with van der Waals surface area (Å²) in [6.45, 7) is 3.45. The van der Waals surface area contributed by atoms with Gasteiger partial charge >= 0.3 is 0 Å². The van der Waals surface area contributed by atoms with Crippen molar-refractivity contribution in [1.29, 1.82) is 0 Å². The van der Waals surface area contributed by atoms with Gasteiger partial charge in [-0.05, 0) is 6.08 Å². The van der Waals surface area contributed by atoms with Crippen LogP contribution in [0.25, 0.3) is 11.0 Å². The smallest absolute Gasteiger partial charge is 0.246 e. The van der Waals surface area contributed by atoms with Crippen molar-refractivity contribution in [2.24, 2.45) is 13.0 Å². The first kappa shape index (κ1) is 20.1. The van der Waals surface area contributed by atoms with Crippen LogP contribution in [0, 0.1) is 5.92 Å². The Labute approximate surface area is 175 Å². The van der Waals surface area contributed by atoms with Crippen molar-refractivity contribution in [2.75, 3.05) is 23.7 Å². The number of aryl methyl sites for hydroxylation is 1. The highest BCUT2D eigenvalue weighted by atomic mass is 35.5. The van der Waals surface area contributed by atoms with Crippen LogP contribution in [0.5, 0.6) is 0 Å². The summed E-state index contributed by atoms with van der Waals surface area (Å²) in [7, 11) is 1.77. The zero-order valence-corrected chi connectivity index (χ0v) is 16.7. The maximum absolute atomic E-state index is 13.6. The number of aromatic amines is 1. The van der Waals surface area contributed by atoms with Crippen molar-refractivity contribution in [3.05, 3.63) is 36.3 Å². The molecule has 12 heteroatoms. The number of fused-ring (bicyclic) bond motifs is 1. The van der Waals surface area contributed by atoms with E-state index in [2.05, 4.69) is 37.3 Å². The van der Waals surface area contributed by atoms with E-state index in [4.69, 9.17) is 11.6 Å². The van der Waals surface area contributed by atoms with Gasteiger partial charge in [0.05, 0.1) is 34.3 Å². The molecular weight excluding hydrogens is 418 g/mol. The van der Waals surface area contributed by atoms with Gasteiger partial charge in [-0.3, -0.25) is 9.48 Å². The molecule has 30 heavy (non-hydrogen) atoms. The average molecular weight is 437 g/mol. The predicted octanol–water partition coefficient (Wildman–Crippen LogP) is 2.78. The second kappa shape index (κ2) is 7.90. The summed E-state index contributed by atoms with van der Waals surface area (Å²) in [5.41, 5.74) is 1.10. The lowest BCUT2D eigenvalue weighted by atomic mass is 10.0. The van der Waals surface area contributed by atoms with Crippen LogP contribution < -0.4 is 10.6 Å². The highest BCUT2D eigenvalue weighted by molar-refractivity contribution is 6.36. The molecule has 1 aliphatic heterocycles. The van der Waals surface area contributed by atoms with Crippen LogP contribution in [0.4, 0.5) is 26.2 Å².